The maximum absolute atomic E-state index is 12.6. The van der Waals surface area contributed by atoms with Crippen LogP contribution in [0.3, 0.4) is 0 Å². The Morgan fingerprint density at radius 1 is 1.19 bits per heavy atom. The molecule has 6 heteroatoms. The lowest BCUT2D eigenvalue weighted by molar-refractivity contribution is -0.123. The molecule has 0 unspecified atom stereocenters. The second-order valence-corrected chi connectivity index (χ2v) is 6.97. The molecule has 2 heterocycles. The summed E-state index contributed by atoms with van der Waals surface area (Å²) in [4.78, 5) is 25.5. The van der Waals surface area contributed by atoms with Crippen molar-refractivity contribution in [1.82, 2.24) is 15.0 Å². The number of oxazole rings is 1. The van der Waals surface area contributed by atoms with Crippen molar-refractivity contribution in [3.05, 3.63) is 42.8 Å². The van der Waals surface area contributed by atoms with Crippen molar-refractivity contribution in [2.75, 3.05) is 6.61 Å². The molecule has 2 aromatic heterocycles. The summed E-state index contributed by atoms with van der Waals surface area (Å²) in [6.07, 6.45) is 8.64. The van der Waals surface area contributed by atoms with Gasteiger partial charge in [0.15, 0.2) is 12.2 Å². The summed E-state index contributed by atoms with van der Waals surface area (Å²) in [6, 6.07) is 5.81. The first-order chi connectivity index (χ1) is 12.7. The van der Waals surface area contributed by atoms with Crippen molar-refractivity contribution in [2.24, 2.45) is 11.8 Å². The molecule has 1 saturated carbocycles. The van der Waals surface area contributed by atoms with Gasteiger partial charge in [-0.15, -0.1) is 0 Å². The van der Waals surface area contributed by atoms with Crippen LogP contribution in [-0.2, 0) is 11.2 Å². The lowest BCUT2D eigenvalue weighted by atomic mass is 9.80. The molecule has 0 radical (unpaired) electrons. The zero-order chi connectivity index (χ0) is 17.9. The number of aliphatic hydroxyl groups excluding tert-OH is 1. The van der Waals surface area contributed by atoms with Gasteiger partial charge in [-0.3, -0.25) is 4.79 Å². The van der Waals surface area contributed by atoms with Gasteiger partial charge in [0, 0.05) is 29.7 Å². The van der Waals surface area contributed by atoms with E-state index in [-0.39, 0.29) is 24.7 Å². The zero-order valence-electron chi connectivity index (χ0n) is 14.5. The molecule has 1 N–H and O–H groups in total. The van der Waals surface area contributed by atoms with E-state index in [0.29, 0.717) is 17.5 Å². The predicted molar refractivity (Wildman–Crippen MR) is 96.3 cm³/mol. The van der Waals surface area contributed by atoms with Gasteiger partial charge in [0.1, 0.15) is 11.6 Å². The number of carbonyl (C=O) groups excluding carboxylic acids is 1. The van der Waals surface area contributed by atoms with Crippen molar-refractivity contribution in [1.29, 1.82) is 0 Å². The van der Waals surface area contributed by atoms with E-state index in [1.54, 1.807) is 12.4 Å². The third kappa shape index (κ3) is 3.51. The van der Waals surface area contributed by atoms with Gasteiger partial charge in [-0.05, 0) is 37.7 Å². The minimum absolute atomic E-state index is 0.0672. The van der Waals surface area contributed by atoms with E-state index < -0.39 is 0 Å². The normalized spacial score (nSPS) is 20.3. The van der Waals surface area contributed by atoms with Gasteiger partial charge in [-0.2, -0.15) is 0 Å². The van der Waals surface area contributed by atoms with Gasteiger partial charge in [0.2, 0.25) is 0 Å². The van der Waals surface area contributed by atoms with Crippen LogP contribution in [-0.4, -0.2) is 32.4 Å². The van der Waals surface area contributed by atoms with E-state index in [2.05, 4.69) is 15.0 Å². The molecule has 1 aliphatic rings. The van der Waals surface area contributed by atoms with Gasteiger partial charge in [0.05, 0.1) is 18.1 Å². The summed E-state index contributed by atoms with van der Waals surface area (Å²) in [5.74, 6) is 1.86. The molecule has 134 valence electrons. The Bertz CT molecular complexity index is 900. The van der Waals surface area contributed by atoms with E-state index in [1.807, 2.05) is 18.2 Å². The molecule has 4 rings (SSSR count). The third-order valence-electron chi connectivity index (χ3n) is 5.24. The number of ketones is 1. The molecule has 26 heavy (non-hydrogen) atoms. The first-order valence-corrected chi connectivity index (χ1v) is 9.01. The largest absolute Gasteiger partial charge is 0.444 e. The summed E-state index contributed by atoms with van der Waals surface area (Å²) in [5.41, 5.74) is 1.69. The van der Waals surface area contributed by atoms with Crippen LogP contribution in [0.1, 0.15) is 31.5 Å². The van der Waals surface area contributed by atoms with Crippen LogP contribution in [0, 0.1) is 11.8 Å². The number of fused-ring (bicyclic) bond motifs is 1. The fraction of sp³-hybridized carbons (Fsp3) is 0.400. The first-order valence-electron chi connectivity index (χ1n) is 9.01. The summed E-state index contributed by atoms with van der Waals surface area (Å²) in [7, 11) is 0. The molecule has 1 aromatic carbocycles. The van der Waals surface area contributed by atoms with Gasteiger partial charge in [0.25, 0.3) is 0 Å². The molecule has 0 amide bonds. The highest BCUT2D eigenvalue weighted by Gasteiger charge is 2.26. The Kier molecular flexibility index (Phi) is 4.75. The molecule has 1 fully saturated rings. The second kappa shape index (κ2) is 7.33. The highest BCUT2D eigenvalue weighted by molar-refractivity contribution is 5.85. The Hall–Kier alpha value is -2.60. The first kappa shape index (κ1) is 16.8. The number of Topliss-reactive ketones (excluding diaryl/α,β-unsaturated/α-hetero) is 1. The number of hydrogen-bond donors (Lipinski definition) is 1. The van der Waals surface area contributed by atoms with Crippen LogP contribution < -0.4 is 0 Å². The average molecular weight is 351 g/mol. The molecule has 0 saturated heterocycles. The van der Waals surface area contributed by atoms with Crippen molar-refractivity contribution < 1.29 is 14.3 Å². The van der Waals surface area contributed by atoms with Gasteiger partial charge < -0.3 is 9.52 Å². The maximum Gasteiger partial charge on any atom is 0.181 e. The fourth-order valence-electron chi connectivity index (χ4n) is 3.63. The summed E-state index contributed by atoms with van der Waals surface area (Å²) >= 11 is 0. The molecule has 0 bridgehead atoms. The van der Waals surface area contributed by atoms with E-state index in [4.69, 9.17) is 4.42 Å². The Balaban J connectivity index is 1.50. The van der Waals surface area contributed by atoms with E-state index in [9.17, 15) is 9.90 Å². The maximum atomic E-state index is 12.6. The standard InChI is InChI=1S/C20H21N3O3/c24-11-13-1-3-14(4-2-13)18(25)8-20-22-9-16-6-5-15(7-17(16)23-20)19-10-21-12-26-19/h5-7,9-10,12-14,24H,1-4,8,11H2. The van der Waals surface area contributed by atoms with Crippen molar-refractivity contribution in [3.8, 4) is 11.3 Å². The van der Waals surface area contributed by atoms with Crippen molar-refractivity contribution >= 4 is 16.7 Å². The van der Waals surface area contributed by atoms with Crippen molar-refractivity contribution in [2.45, 2.75) is 32.1 Å². The van der Waals surface area contributed by atoms with Gasteiger partial charge in [-0.25, -0.2) is 15.0 Å². The number of aromatic nitrogens is 3. The zero-order valence-corrected chi connectivity index (χ0v) is 14.5. The van der Waals surface area contributed by atoms with E-state index in [1.165, 1.54) is 6.39 Å². The number of hydrogen-bond acceptors (Lipinski definition) is 6. The van der Waals surface area contributed by atoms with E-state index >= 15 is 0 Å². The molecule has 3 aromatic rings. The SMILES string of the molecule is O=C(Cc1ncc2ccc(-c3cnco3)cc2n1)C1CCC(CO)CC1. The van der Waals surface area contributed by atoms with Crippen LogP contribution in [0.15, 0.2) is 41.4 Å². The summed E-state index contributed by atoms with van der Waals surface area (Å²) < 4.78 is 5.33. The second-order valence-electron chi connectivity index (χ2n) is 6.97. The minimum Gasteiger partial charge on any atom is -0.444 e. The molecule has 6 nitrogen and oxygen atoms in total. The van der Waals surface area contributed by atoms with Gasteiger partial charge >= 0.3 is 0 Å². The monoisotopic (exact) mass is 351 g/mol. The topological polar surface area (TPSA) is 89.1 Å². The Morgan fingerprint density at radius 2 is 2.04 bits per heavy atom. The van der Waals surface area contributed by atoms with Gasteiger partial charge in [-0.1, -0.05) is 12.1 Å². The number of carbonyl (C=O) groups is 1. The van der Waals surface area contributed by atoms with Crippen LogP contribution in [0.5, 0.6) is 0 Å². The molecule has 0 atom stereocenters. The summed E-state index contributed by atoms with van der Waals surface area (Å²) in [5, 5.41) is 10.2. The van der Waals surface area contributed by atoms with E-state index in [0.717, 1.165) is 42.1 Å². The minimum atomic E-state index is 0.0672. The molecular formula is C20H21N3O3. The molecule has 1 aliphatic carbocycles. The molecular weight excluding hydrogens is 330 g/mol. The van der Waals surface area contributed by atoms with Crippen molar-refractivity contribution in [3.63, 3.8) is 0 Å². The highest BCUT2D eigenvalue weighted by atomic mass is 16.3. The van der Waals surface area contributed by atoms with Crippen LogP contribution in [0.2, 0.25) is 0 Å². The molecule has 0 spiro atoms. The van der Waals surface area contributed by atoms with Crippen LogP contribution >= 0.6 is 0 Å². The Labute approximate surface area is 151 Å². The smallest absolute Gasteiger partial charge is 0.181 e. The van der Waals surface area contributed by atoms with Crippen LogP contribution in [0.4, 0.5) is 0 Å². The summed E-state index contributed by atoms with van der Waals surface area (Å²) in [6.45, 7) is 0.224. The number of benzene rings is 1. The molecule has 0 aliphatic heterocycles. The fourth-order valence-corrected chi connectivity index (χ4v) is 3.63. The predicted octanol–water partition coefficient (Wildman–Crippen LogP) is 3.20. The average Bonchev–Trinajstić information content (AvgIpc) is 3.22. The number of rotatable bonds is 5. The Morgan fingerprint density at radius 3 is 2.77 bits per heavy atom. The third-order valence-corrected chi connectivity index (χ3v) is 5.24. The quantitative estimate of drug-likeness (QED) is 0.759. The highest BCUT2D eigenvalue weighted by Crippen LogP contribution is 2.29. The number of aliphatic hydroxyl groups is 1. The lowest BCUT2D eigenvalue weighted by Gasteiger charge is -2.26. The number of nitrogens with zero attached hydrogens (tertiary/aromatic N) is 3. The lowest BCUT2D eigenvalue weighted by Crippen LogP contribution is -2.25. The van der Waals surface area contributed by atoms with Crippen LogP contribution in [0.25, 0.3) is 22.2 Å².